The Balaban J connectivity index is 1.15. The average molecular weight is 439 g/mol. The Morgan fingerprint density at radius 1 is 1.13 bits per heavy atom. The Labute approximate surface area is 183 Å². The zero-order valence-electron chi connectivity index (χ0n) is 17.3. The highest BCUT2D eigenvalue weighted by Crippen LogP contribution is 2.31. The molecular weight excluding hydrogens is 416 g/mol. The summed E-state index contributed by atoms with van der Waals surface area (Å²) in [5, 5.41) is 8.50. The lowest BCUT2D eigenvalue weighted by atomic mass is 9.97. The highest BCUT2D eigenvalue weighted by Gasteiger charge is 2.27. The maximum Gasteiger partial charge on any atom is 0.277 e. The van der Waals surface area contributed by atoms with E-state index in [9.17, 15) is 4.79 Å². The summed E-state index contributed by atoms with van der Waals surface area (Å²) in [6.45, 7) is 5.10. The third-order valence-corrected chi connectivity index (χ3v) is 6.31. The first-order chi connectivity index (χ1) is 15.1. The van der Waals surface area contributed by atoms with Crippen molar-refractivity contribution in [3.8, 4) is 11.5 Å². The van der Waals surface area contributed by atoms with Crippen molar-refractivity contribution in [1.29, 1.82) is 0 Å². The fraction of sp³-hybridized carbons (Fsp3) is 0.364. The number of amides is 1. The molecule has 1 amide bonds. The summed E-state index contributed by atoms with van der Waals surface area (Å²) in [5.74, 6) is 3.26. The van der Waals surface area contributed by atoms with E-state index in [2.05, 4.69) is 15.2 Å². The minimum absolute atomic E-state index is 0.0658. The molecule has 9 heteroatoms. The van der Waals surface area contributed by atoms with E-state index < -0.39 is 0 Å². The van der Waals surface area contributed by atoms with Gasteiger partial charge in [0, 0.05) is 19.0 Å². The first-order valence-corrected chi connectivity index (χ1v) is 11.2. The lowest BCUT2D eigenvalue weighted by molar-refractivity contribution is -0.129. The predicted octanol–water partition coefficient (Wildman–Crippen LogP) is 4.59. The number of aryl methyl sites for hydroxylation is 2. The topological polar surface area (TPSA) is 98.4 Å². The van der Waals surface area contributed by atoms with Crippen LogP contribution in [0, 0.1) is 13.8 Å². The van der Waals surface area contributed by atoms with Crippen LogP contribution in [-0.2, 0) is 4.79 Å². The molecule has 160 valence electrons. The molecule has 4 heterocycles. The number of carbonyl (C=O) groups is 1. The second-order valence-corrected chi connectivity index (χ2v) is 8.59. The summed E-state index contributed by atoms with van der Waals surface area (Å²) in [6.07, 6.45) is 1.68. The molecule has 0 radical (unpaired) electrons. The van der Waals surface area contributed by atoms with E-state index >= 15 is 0 Å². The lowest BCUT2D eigenvalue weighted by Crippen LogP contribution is -2.39. The molecular formula is C22H22N4O4S. The second kappa shape index (κ2) is 8.22. The highest BCUT2D eigenvalue weighted by molar-refractivity contribution is 7.99. The summed E-state index contributed by atoms with van der Waals surface area (Å²) in [4.78, 5) is 19.1. The number of thioether (sulfide) groups is 1. The Kier molecular flexibility index (Phi) is 5.27. The number of nitrogens with zero attached hydrogens (tertiary/aromatic N) is 4. The Morgan fingerprint density at radius 3 is 2.68 bits per heavy atom. The summed E-state index contributed by atoms with van der Waals surface area (Å²) >= 11 is 1.26. The molecule has 0 N–H and O–H groups in total. The molecule has 1 aliphatic heterocycles. The molecule has 31 heavy (non-hydrogen) atoms. The van der Waals surface area contributed by atoms with Crippen molar-refractivity contribution in [1.82, 2.24) is 20.1 Å². The van der Waals surface area contributed by atoms with Crippen LogP contribution in [0.1, 0.15) is 36.2 Å². The molecule has 0 saturated carbocycles. The van der Waals surface area contributed by atoms with Gasteiger partial charge in [-0.25, -0.2) is 4.98 Å². The zero-order valence-corrected chi connectivity index (χ0v) is 18.1. The maximum absolute atomic E-state index is 12.7. The van der Waals surface area contributed by atoms with Gasteiger partial charge in [0.05, 0.1) is 11.3 Å². The van der Waals surface area contributed by atoms with Crippen LogP contribution in [-0.4, -0.2) is 44.8 Å². The molecule has 0 spiro atoms. The molecule has 8 nitrogen and oxygen atoms in total. The fourth-order valence-corrected chi connectivity index (χ4v) is 4.54. The summed E-state index contributed by atoms with van der Waals surface area (Å²) < 4.78 is 17.1. The Hall–Kier alpha value is -3.07. The van der Waals surface area contributed by atoms with Crippen molar-refractivity contribution in [2.75, 3.05) is 18.8 Å². The summed E-state index contributed by atoms with van der Waals surface area (Å²) in [6, 6.07) is 9.65. The van der Waals surface area contributed by atoms with Crippen LogP contribution >= 0.6 is 11.8 Å². The number of fused-ring (bicyclic) bond motifs is 1. The molecule has 1 aromatic carbocycles. The third kappa shape index (κ3) is 4.10. The smallest absolute Gasteiger partial charge is 0.277 e. The number of para-hydroxylation sites is 2. The largest absolute Gasteiger partial charge is 0.466 e. The quantitative estimate of drug-likeness (QED) is 0.417. The monoisotopic (exact) mass is 438 g/mol. The van der Waals surface area contributed by atoms with Crippen LogP contribution in [0.3, 0.4) is 0 Å². The van der Waals surface area contributed by atoms with Crippen molar-refractivity contribution in [2.45, 2.75) is 37.8 Å². The van der Waals surface area contributed by atoms with Crippen molar-refractivity contribution >= 4 is 28.8 Å². The highest BCUT2D eigenvalue weighted by atomic mass is 32.2. The molecule has 3 aromatic heterocycles. The SMILES string of the molecule is Cc1cc(-c2nnc(SCC(=O)N3CCC(c4nc5ccccc5o4)CC3)o2)c(C)o1. The van der Waals surface area contributed by atoms with Crippen LogP contribution in [0.2, 0.25) is 0 Å². The number of hydrogen-bond acceptors (Lipinski definition) is 8. The number of carbonyl (C=O) groups excluding carboxylic acids is 1. The van der Waals surface area contributed by atoms with Gasteiger partial charge in [0.2, 0.25) is 5.91 Å². The fourth-order valence-electron chi connectivity index (χ4n) is 3.88. The van der Waals surface area contributed by atoms with E-state index in [4.69, 9.17) is 13.3 Å². The van der Waals surface area contributed by atoms with Gasteiger partial charge in [0.25, 0.3) is 11.1 Å². The van der Waals surface area contributed by atoms with Gasteiger partial charge in [-0.2, -0.15) is 0 Å². The van der Waals surface area contributed by atoms with Crippen LogP contribution < -0.4 is 0 Å². The van der Waals surface area contributed by atoms with Gasteiger partial charge < -0.3 is 18.2 Å². The van der Waals surface area contributed by atoms with Crippen molar-refractivity contribution in [3.05, 3.63) is 47.7 Å². The van der Waals surface area contributed by atoms with E-state index in [1.807, 2.05) is 49.1 Å². The lowest BCUT2D eigenvalue weighted by Gasteiger charge is -2.30. The van der Waals surface area contributed by atoms with Gasteiger partial charge in [0.1, 0.15) is 17.0 Å². The molecule has 1 fully saturated rings. The second-order valence-electron chi connectivity index (χ2n) is 7.66. The third-order valence-electron chi connectivity index (χ3n) is 5.50. The van der Waals surface area contributed by atoms with E-state index in [0.717, 1.165) is 46.9 Å². The maximum atomic E-state index is 12.7. The molecule has 4 aromatic rings. The van der Waals surface area contributed by atoms with Crippen LogP contribution in [0.15, 0.2) is 48.8 Å². The van der Waals surface area contributed by atoms with Crippen LogP contribution in [0.5, 0.6) is 0 Å². The predicted molar refractivity (Wildman–Crippen MR) is 115 cm³/mol. The standard InChI is InChI=1S/C22H22N4O4S/c1-13-11-16(14(2)28-13)21-24-25-22(30-21)31-12-19(27)26-9-7-15(8-10-26)20-23-17-5-3-4-6-18(17)29-20/h3-6,11,15H,7-10,12H2,1-2H3. The van der Waals surface area contributed by atoms with Crippen LogP contribution in [0.25, 0.3) is 22.6 Å². The number of oxazole rings is 1. The van der Waals surface area contributed by atoms with Crippen molar-refractivity contribution in [3.63, 3.8) is 0 Å². The van der Waals surface area contributed by atoms with Gasteiger partial charge in [-0.3, -0.25) is 4.79 Å². The van der Waals surface area contributed by atoms with Gasteiger partial charge in [-0.15, -0.1) is 10.2 Å². The molecule has 1 saturated heterocycles. The zero-order chi connectivity index (χ0) is 21.4. The number of furan rings is 1. The number of aromatic nitrogens is 3. The first-order valence-electron chi connectivity index (χ1n) is 10.2. The molecule has 0 aliphatic carbocycles. The molecule has 0 atom stereocenters. The minimum atomic E-state index is 0.0658. The minimum Gasteiger partial charge on any atom is -0.466 e. The molecule has 5 rings (SSSR count). The average Bonchev–Trinajstić information content (AvgIpc) is 3.50. The van der Waals surface area contributed by atoms with E-state index in [0.29, 0.717) is 24.2 Å². The number of benzene rings is 1. The summed E-state index contributed by atoms with van der Waals surface area (Å²) in [7, 11) is 0. The Morgan fingerprint density at radius 2 is 1.94 bits per heavy atom. The van der Waals surface area contributed by atoms with Crippen LogP contribution in [0.4, 0.5) is 0 Å². The number of likely N-dealkylation sites (tertiary alicyclic amines) is 1. The molecule has 0 unspecified atom stereocenters. The Bertz CT molecular complexity index is 1190. The molecule has 1 aliphatic rings. The number of rotatable bonds is 5. The first kappa shape index (κ1) is 19.9. The number of hydrogen-bond donors (Lipinski definition) is 0. The van der Waals surface area contributed by atoms with Gasteiger partial charge in [-0.1, -0.05) is 23.9 Å². The van der Waals surface area contributed by atoms with E-state index in [-0.39, 0.29) is 17.6 Å². The van der Waals surface area contributed by atoms with E-state index in [1.54, 1.807) is 0 Å². The van der Waals surface area contributed by atoms with Gasteiger partial charge in [0.15, 0.2) is 11.5 Å². The van der Waals surface area contributed by atoms with E-state index in [1.165, 1.54) is 11.8 Å². The summed E-state index contributed by atoms with van der Waals surface area (Å²) in [5.41, 5.74) is 2.48. The normalized spacial score (nSPS) is 15.1. The van der Waals surface area contributed by atoms with Gasteiger partial charge in [-0.05, 0) is 44.9 Å². The van der Waals surface area contributed by atoms with Crippen molar-refractivity contribution < 1.29 is 18.0 Å². The number of piperidine rings is 1. The van der Waals surface area contributed by atoms with Gasteiger partial charge >= 0.3 is 0 Å². The van der Waals surface area contributed by atoms with Crippen molar-refractivity contribution in [2.24, 2.45) is 0 Å². The molecule has 0 bridgehead atoms.